The van der Waals surface area contributed by atoms with E-state index in [0.29, 0.717) is 5.75 Å². The Hall–Kier alpha value is -3.56. The number of piperidine rings is 1. The minimum Gasteiger partial charge on any atom is -0.457 e. The summed E-state index contributed by atoms with van der Waals surface area (Å²) in [6, 6.07) is 16.6. The lowest BCUT2D eigenvalue weighted by atomic mass is 9.98. The van der Waals surface area contributed by atoms with E-state index >= 15 is 0 Å². The molecule has 3 aromatic rings. The number of amides is 3. The molecular weight excluding hydrogens is 486 g/mol. The standard InChI is InChI=1S/C28H29N5O3S/c1-17-15-20(36-19-8-4-3-5-9-19)10-11-21(17)33-22-12-13-29-27-23(22)24(31-28(33)35)25(37-27)26(34)30-18-7-6-14-32(2)16-18/h3-5,8-13,15,18,24-25H,6-7,14,16H2,1-2H3,(H,30,34)(H,31,35). The van der Waals surface area contributed by atoms with Gasteiger partial charge in [0.15, 0.2) is 0 Å². The van der Waals surface area contributed by atoms with Crippen molar-refractivity contribution in [3.63, 3.8) is 0 Å². The third kappa shape index (κ3) is 4.53. The Balaban J connectivity index is 1.26. The van der Waals surface area contributed by atoms with Crippen LogP contribution in [0.2, 0.25) is 0 Å². The van der Waals surface area contributed by atoms with Gasteiger partial charge in [-0.2, -0.15) is 0 Å². The highest BCUT2D eigenvalue weighted by Gasteiger charge is 2.47. The minimum atomic E-state index is -0.454. The van der Waals surface area contributed by atoms with E-state index in [1.165, 1.54) is 11.8 Å². The average Bonchev–Trinajstić information content (AvgIpc) is 3.25. The van der Waals surface area contributed by atoms with Crippen LogP contribution < -0.4 is 20.3 Å². The van der Waals surface area contributed by atoms with Gasteiger partial charge in [0.2, 0.25) is 5.91 Å². The van der Waals surface area contributed by atoms with Gasteiger partial charge >= 0.3 is 6.03 Å². The zero-order valence-electron chi connectivity index (χ0n) is 20.8. The maximum atomic E-state index is 13.5. The Morgan fingerprint density at radius 1 is 1.14 bits per heavy atom. The van der Waals surface area contributed by atoms with Crippen molar-refractivity contribution in [3.05, 3.63) is 71.9 Å². The number of ether oxygens (including phenoxy) is 1. The number of aryl methyl sites for hydroxylation is 1. The third-order valence-electron chi connectivity index (χ3n) is 7.12. The molecule has 6 rings (SSSR count). The lowest BCUT2D eigenvalue weighted by Crippen LogP contribution is -2.52. The number of likely N-dealkylation sites (tertiary alicyclic amines) is 1. The van der Waals surface area contributed by atoms with Crippen molar-refractivity contribution in [1.29, 1.82) is 0 Å². The Bertz CT molecular complexity index is 1350. The van der Waals surface area contributed by atoms with Crippen LogP contribution in [-0.2, 0) is 4.79 Å². The number of para-hydroxylation sites is 1. The van der Waals surface area contributed by atoms with Gasteiger partial charge in [-0.15, -0.1) is 0 Å². The monoisotopic (exact) mass is 515 g/mol. The van der Waals surface area contributed by atoms with Crippen LogP contribution in [0.15, 0.2) is 65.8 Å². The molecule has 9 heteroatoms. The molecule has 0 saturated carbocycles. The van der Waals surface area contributed by atoms with Crippen molar-refractivity contribution < 1.29 is 14.3 Å². The smallest absolute Gasteiger partial charge is 0.327 e. The van der Waals surface area contributed by atoms with E-state index < -0.39 is 11.3 Å². The Morgan fingerprint density at radius 3 is 2.76 bits per heavy atom. The maximum Gasteiger partial charge on any atom is 0.327 e. The van der Waals surface area contributed by atoms with E-state index in [4.69, 9.17) is 4.74 Å². The predicted octanol–water partition coefficient (Wildman–Crippen LogP) is 4.77. The van der Waals surface area contributed by atoms with Gasteiger partial charge in [0.25, 0.3) is 0 Å². The van der Waals surface area contributed by atoms with Gasteiger partial charge in [-0.05, 0) is 75.3 Å². The summed E-state index contributed by atoms with van der Waals surface area (Å²) in [5.41, 5.74) is 3.32. The van der Waals surface area contributed by atoms with E-state index in [1.807, 2.05) is 61.5 Å². The van der Waals surface area contributed by atoms with Crippen LogP contribution in [0.5, 0.6) is 11.5 Å². The summed E-state index contributed by atoms with van der Waals surface area (Å²) in [4.78, 5) is 35.3. The van der Waals surface area contributed by atoms with Crippen molar-refractivity contribution in [3.8, 4) is 11.5 Å². The molecule has 1 fully saturated rings. The second-order valence-corrected chi connectivity index (χ2v) is 11.0. The number of thioether (sulfide) groups is 1. The summed E-state index contributed by atoms with van der Waals surface area (Å²) in [7, 11) is 2.08. The number of aromatic nitrogens is 1. The van der Waals surface area contributed by atoms with Gasteiger partial charge < -0.3 is 20.3 Å². The van der Waals surface area contributed by atoms with Gasteiger partial charge in [-0.25, -0.2) is 9.78 Å². The summed E-state index contributed by atoms with van der Waals surface area (Å²) in [6.07, 6.45) is 3.75. The highest BCUT2D eigenvalue weighted by Crippen LogP contribution is 2.51. The molecule has 2 N–H and O–H groups in total. The Kier molecular flexibility index (Phi) is 6.26. The molecule has 2 aromatic carbocycles. The number of anilines is 2. The number of pyridine rings is 1. The number of nitrogens with one attached hydrogen (secondary N) is 2. The number of hydrogen-bond donors (Lipinski definition) is 2. The number of benzene rings is 2. The quantitative estimate of drug-likeness (QED) is 0.509. The van der Waals surface area contributed by atoms with Crippen LogP contribution in [0.4, 0.5) is 16.2 Å². The van der Waals surface area contributed by atoms with Gasteiger partial charge in [-0.3, -0.25) is 9.69 Å². The van der Waals surface area contributed by atoms with Crippen molar-refractivity contribution >= 4 is 35.1 Å². The van der Waals surface area contributed by atoms with Crippen LogP contribution >= 0.6 is 11.8 Å². The number of nitrogens with zero attached hydrogens (tertiary/aromatic N) is 3. The molecule has 0 bridgehead atoms. The molecule has 1 aromatic heterocycles. The fourth-order valence-corrected chi connectivity index (χ4v) is 6.63. The van der Waals surface area contributed by atoms with Gasteiger partial charge in [0.05, 0.1) is 17.4 Å². The summed E-state index contributed by atoms with van der Waals surface area (Å²) in [6.45, 7) is 3.85. The molecule has 3 amide bonds. The molecule has 3 aliphatic heterocycles. The first-order valence-electron chi connectivity index (χ1n) is 12.6. The Labute approximate surface area is 220 Å². The van der Waals surface area contributed by atoms with Gasteiger partial charge in [0, 0.05) is 24.3 Å². The minimum absolute atomic E-state index is 0.0494. The molecule has 3 atom stereocenters. The lowest BCUT2D eigenvalue weighted by Gasteiger charge is -2.35. The molecule has 0 radical (unpaired) electrons. The van der Waals surface area contributed by atoms with Crippen LogP contribution in [0, 0.1) is 6.92 Å². The zero-order valence-corrected chi connectivity index (χ0v) is 21.6. The zero-order chi connectivity index (χ0) is 25.5. The molecule has 3 aliphatic rings. The molecule has 0 spiro atoms. The predicted molar refractivity (Wildman–Crippen MR) is 144 cm³/mol. The van der Waals surface area contributed by atoms with Crippen LogP contribution in [0.3, 0.4) is 0 Å². The molecule has 37 heavy (non-hydrogen) atoms. The number of likely N-dealkylation sites (N-methyl/N-ethyl adjacent to an activating group) is 1. The SMILES string of the molecule is Cc1cc(Oc2ccccc2)ccc1N1C(=O)NC2c3c1ccnc3SC2C(=O)NC1CCCN(C)C1. The van der Waals surface area contributed by atoms with E-state index in [-0.39, 0.29) is 18.0 Å². The molecular formula is C28H29N5O3S. The van der Waals surface area contributed by atoms with Crippen molar-refractivity contribution in [2.24, 2.45) is 0 Å². The van der Waals surface area contributed by atoms with Crippen molar-refractivity contribution in [2.75, 3.05) is 25.0 Å². The molecule has 4 heterocycles. The second kappa shape index (κ2) is 9.72. The normalized spacial score (nSPS) is 22.8. The highest BCUT2D eigenvalue weighted by molar-refractivity contribution is 8.01. The highest BCUT2D eigenvalue weighted by atomic mass is 32.2. The van der Waals surface area contributed by atoms with Crippen molar-refractivity contribution in [1.82, 2.24) is 20.5 Å². The van der Waals surface area contributed by atoms with Gasteiger partial charge in [-0.1, -0.05) is 30.0 Å². The summed E-state index contributed by atoms with van der Waals surface area (Å²) >= 11 is 1.43. The number of rotatable bonds is 5. The fraction of sp³-hybridized carbons (Fsp3) is 0.321. The van der Waals surface area contributed by atoms with E-state index in [0.717, 1.165) is 59.2 Å². The molecule has 1 saturated heterocycles. The number of hydrogen-bond acceptors (Lipinski definition) is 6. The number of carbonyl (C=O) groups is 2. The largest absolute Gasteiger partial charge is 0.457 e. The van der Waals surface area contributed by atoms with Gasteiger partial charge in [0.1, 0.15) is 21.8 Å². The Morgan fingerprint density at radius 2 is 1.97 bits per heavy atom. The lowest BCUT2D eigenvalue weighted by molar-refractivity contribution is -0.122. The average molecular weight is 516 g/mol. The molecule has 190 valence electrons. The van der Waals surface area contributed by atoms with E-state index in [2.05, 4.69) is 27.6 Å². The van der Waals surface area contributed by atoms with Crippen LogP contribution in [0.25, 0.3) is 0 Å². The summed E-state index contributed by atoms with van der Waals surface area (Å²) in [5, 5.41) is 6.66. The van der Waals surface area contributed by atoms with E-state index in [9.17, 15) is 9.59 Å². The molecule has 8 nitrogen and oxygen atoms in total. The second-order valence-electron chi connectivity index (χ2n) is 9.82. The first-order chi connectivity index (χ1) is 18.0. The van der Waals surface area contributed by atoms with Crippen LogP contribution in [-0.4, -0.2) is 53.3 Å². The summed E-state index contributed by atoms with van der Waals surface area (Å²) < 4.78 is 5.97. The molecule has 3 unspecified atom stereocenters. The topological polar surface area (TPSA) is 86.8 Å². The third-order valence-corrected chi connectivity index (χ3v) is 8.41. The first kappa shape index (κ1) is 23.8. The van der Waals surface area contributed by atoms with E-state index in [1.54, 1.807) is 11.1 Å². The molecule has 0 aliphatic carbocycles. The first-order valence-corrected chi connectivity index (χ1v) is 13.4. The van der Waals surface area contributed by atoms with Crippen LogP contribution in [0.1, 0.15) is 30.0 Å². The number of carbonyl (C=O) groups excluding carboxylic acids is 2. The summed E-state index contributed by atoms with van der Waals surface area (Å²) in [5.74, 6) is 1.40. The van der Waals surface area contributed by atoms with Crippen molar-refractivity contribution in [2.45, 2.75) is 42.1 Å². The maximum absolute atomic E-state index is 13.5. The fourth-order valence-electron chi connectivity index (χ4n) is 5.40. The number of urea groups is 1.